The third-order valence-corrected chi connectivity index (χ3v) is 4.51. The Labute approximate surface area is 111 Å². The number of morpholine rings is 1. The van der Waals surface area contributed by atoms with Gasteiger partial charge in [-0.1, -0.05) is 0 Å². The third-order valence-electron chi connectivity index (χ3n) is 3.35. The summed E-state index contributed by atoms with van der Waals surface area (Å²) in [5, 5.41) is 0. The van der Waals surface area contributed by atoms with Crippen molar-refractivity contribution in [1.82, 2.24) is 4.90 Å². The maximum absolute atomic E-state index is 12.2. The summed E-state index contributed by atoms with van der Waals surface area (Å²) in [6.45, 7) is 1.65. The van der Waals surface area contributed by atoms with Crippen molar-refractivity contribution in [3.63, 3.8) is 0 Å². The highest BCUT2D eigenvalue weighted by atomic mass is 32.2. The molecule has 2 aliphatic rings. The zero-order valence-electron chi connectivity index (χ0n) is 10.6. The number of thioether (sulfide) groups is 1. The molecular formula is C12H19NO4S. The van der Waals surface area contributed by atoms with E-state index >= 15 is 0 Å². The number of hydrogen-bond acceptors (Lipinski definition) is 5. The second-order valence-electron chi connectivity index (χ2n) is 4.62. The fourth-order valence-corrected chi connectivity index (χ4v) is 3.51. The minimum atomic E-state index is -0.286. The molecule has 0 spiro atoms. The van der Waals surface area contributed by atoms with Gasteiger partial charge in [-0.05, 0) is 12.2 Å². The van der Waals surface area contributed by atoms with Crippen LogP contribution < -0.4 is 0 Å². The lowest BCUT2D eigenvalue weighted by atomic mass is 10.1. The van der Waals surface area contributed by atoms with Crippen LogP contribution in [0.15, 0.2) is 0 Å². The van der Waals surface area contributed by atoms with Gasteiger partial charge in [0.2, 0.25) is 5.91 Å². The SMILES string of the molecule is COC(=O)CC1CN(C(=O)C2CCSC2)CCO1. The highest BCUT2D eigenvalue weighted by Crippen LogP contribution is 2.26. The van der Waals surface area contributed by atoms with Crippen molar-refractivity contribution in [2.24, 2.45) is 5.92 Å². The van der Waals surface area contributed by atoms with Crippen molar-refractivity contribution in [3.8, 4) is 0 Å². The first-order valence-electron chi connectivity index (χ1n) is 6.25. The monoisotopic (exact) mass is 273 g/mol. The summed E-state index contributed by atoms with van der Waals surface area (Å²) in [4.78, 5) is 25.3. The number of carbonyl (C=O) groups excluding carboxylic acids is 2. The molecule has 102 valence electrons. The molecule has 0 aromatic heterocycles. The summed E-state index contributed by atoms with van der Waals surface area (Å²) < 4.78 is 10.1. The number of hydrogen-bond donors (Lipinski definition) is 0. The van der Waals surface area contributed by atoms with Crippen molar-refractivity contribution >= 4 is 23.6 Å². The van der Waals surface area contributed by atoms with E-state index in [9.17, 15) is 9.59 Å². The van der Waals surface area contributed by atoms with E-state index in [1.807, 2.05) is 16.7 Å². The molecule has 2 fully saturated rings. The summed E-state index contributed by atoms with van der Waals surface area (Å²) in [7, 11) is 1.36. The van der Waals surface area contributed by atoms with Crippen LogP contribution in [0.5, 0.6) is 0 Å². The molecule has 0 aromatic carbocycles. The normalized spacial score (nSPS) is 28.2. The van der Waals surface area contributed by atoms with Crippen molar-refractivity contribution < 1.29 is 19.1 Å². The van der Waals surface area contributed by atoms with E-state index in [4.69, 9.17) is 4.74 Å². The molecule has 1 amide bonds. The smallest absolute Gasteiger partial charge is 0.308 e. The van der Waals surface area contributed by atoms with Gasteiger partial charge in [0.15, 0.2) is 0 Å². The Bertz CT molecular complexity index is 317. The highest BCUT2D eigenvalue weighted by molar-refractivity contribution is 7.99. The minimum Gasteiger partial charge on any atom is -0.469 e. The van der Waals surface area contributed by atoms with Crippen LogP contribution in [0.1, 0.15) is 12.8 Å². The van der Waals surface area contributed by atoms with Gasteiger partial charge < -0.3 is 14.4 Å². The maximum Gasteiger partial charge on any atom is 0.308 e. The Morgan fingerprint density at radius 3 is 3.00 bits per heavy atom. The Morgan fingerprint density at radius 1 is 1.50 bits per heavy atom. The zero-order chi connectivity index (χ0) is 13.0. The van der Waals surface area contributed by atoms with E-state index in [0.29, 0.717) is 19.7 Å². The van der Waals surface area contributed by atoms with Crippen LogP contribution in [0.2, 0.25) is 0 Å². The van der Waals surface area contributed by atoms with Crippen molar-refractivity contribution in [2.75, 3.05) is 38.3 Å². The highest BCUT2D eigenvalue weighted by Gasteiger charge is 2.32. The van der Waals surface area contributed by atoms with E-state index in [1.54, 1.807) is 0 Å². The number of ether oxygens (including phenoxy) is 2. The molecule has 0 N–H and O–H groups in total. The second kappa shape index (κ2) is 6.43. The number of rotatable bonds is 3. The standard InChI is InChI=1S/C12H19NO4S/c1-16-11(14)6-10-7-13(3-4-17-10)12(15)9-2-5-18-8-9/h9-10H,2-8H2,1H3. The Balaban J connectivity index is 1.85. The molecular weight excluding hydrogens is 254 g/mol. The summed E-state index contributed by atoms with van der Waals surface area (Å²) in [5.74, 6) is 2.10. The zero-order valence-corrected chi connectivity index (χ0v) is 11.4. The lowest BCUT2D eigenvalue weighted by Gasteiger charge is -2.34. The van der Waals surface area contributed by atoms with Crippen LogP contribution in [-0.2, 0) is 19.1 Å². The largest absolute Gasteiger partial charge is 0.469 e. The number of nitrogens with zero attached hydrogens (tertiary/aromatic N) is 1. The molecule has 5 nitrogen and oxygen atoms in total. The summed E-state index contributed by atoms with van der Waals surface area (Å²) in [6, 6.07) is 0. The third kappa shape index (κ3) is 3.38. The van der Waals surface area contributed by atoms with Crippen LogP contribution in [0.25, 0.3) is 0 Å². The van der Waals surface area contributed by atoms with Crippen LogP contribution in [-0.4, -0.2) is 61.2 Å². The summed E-state index contributed by atoms with van der Waals surface area (Å²) in [6.07, 6.45) is 0.978. The first-order valence-corrected chi connectivity index (χ1v) is 7.41. The van der Waals surface area contributed by atoms with E-state index in [2.05, 4.69) is 4.74 Å². The van der Waals surface area contributed by atoms with Gasteiger partial charge in [0.25, 0.3) is 0 Å². The van der Waals surface area contributed by atoms with E-state index in [0.717, 1.165) is 17.9 Å². The van der Waals surface area contributed by atoms with E-state index in [-0.39, 0.29) is 30.3 Å². The fourth-order valence-electron chi connectivity index (χ4n) is 2.30. The predicted molar refractivity (Wildman–Crippen MR) is 68.4 cm³/mol. The van der Waals surface area contributed by atoms with Crippen LogP contribution in [0.4, 0.5) is 0 Å². The second-order valence-corrected chi connectivity index (χ2v) is 5.77. The molecule has 18 heavy (non-hydrogen) atoms. The van der Waals surface area contributed by atoms with Crippen molar-refractivity contribution in [2.45, 2.75) is 18.9 Å². The molecule has 2 heterocycles. The predicted octanol–water partition coefficient (Wildman–Crippen LogP) is 0.530. The molecule has 2 rings (SSSR count). The fraction of sp³-hybridized carbons (Fsp3) is 0.833. The van der Waals surface area contributed by atoms with Gasteiger partial charge in [-0.3, -0.25) is 9.59 Å². The van der Waals surface area contributed by atoms with Crippen molar-refractivity contribution in [3.05, 3.63) is 0 Å². The molecule has 0 radical (unpaired) electrons. The van der Waals surface area contributed by atoms with Gasteiger partial charge in [0.05, 0.1) is 26.2 Å². The molecule has 2 atom stereocenters. The quantitative estimate of drug-likeness (QED) is 0.702. The lowest BCUT2D eigenvalue weighted by molar-refractivity contribution is -0.151. The molecule has 0 saturated carbocycles. The van der Waals surface area contributed by atoms with Gasteiger partial charge >= 0.3 is 5.97 Å². The number of esters is 1. The van der Waals surface area contributed by atoms with Gasteiger partial charge in [-0.15, -0.1) is 0 Å². The number of amides is 1. The molecule has 0 aromatic rings. The summed E-state index contributed by atoms with van der Waals surface area (Å²) >= 11 is 1.84. The van der Waals surface area contributed by atoms with Gasteiger partial charge in [0, 0.05) is 24.8 Å². The minimum absolute atomic E-state index is 0.159. The number of methoxy groups -OCH3 is 1. The van der Waals surface area contributed by atoms with Gasteiger partial charge in [0.1, 0.15) is 0 Å². The average molecular weight is 273 g/mol. The average Bonchev–Trinajstić information content (AvgIpc) is 2.92. The Kier molecular flexibility index (Phi) is 4.88. The molecule has 0 aliphatic carbocycles. The van der Waals surface area contributed by atoms with Gasteiger partial charge in [-0.2, -0.15) is 11.8 Å². The topological polar surface area (TPSA) is 55.8 Å². The lowest BCUT2D eigenvalue weighted by Crippen LogP contribution is -2.48. The van der Waals surface area contributed by atoms with Crippen LogP contribution in [0, 0.1) is 5.92 Å². The van der Waals surface area contributed by atoms with Crippen molar-refractivity contribution in [1.29, 1.82) is 0 Å². The first-order chi connectivity index (χ1) is 8.70. The van der Waals surface area contributed by atoms with Gasteiger partial charge in [-0.25, -0.2) is 0 Å². The van der Waals surface area contributed by atoms with E-state index in [1.165, 1.54) is 7.11 Å². The number of carbonyl (C=O) groups is 2. The first kappa shape index (κ1) is 13.7. The van der Waals surface area contributed by atoms with Crippen LogP contribution >= 0.6 is 11.8 Å². The van der Waals surface area contributed by atoms with E-state index < -0.39 is 0 Å². The molecule has 2 aliphatic heterocycles. The van der Waals surface area contributed by atoms with Crippen LogP contribution in [0.3, 0.4) is 0 Å². The molecule has 2 saturated heterocycles. The molecule has 6 heteroatoms. The Hall–Kier alpha value is -0.750. The maximum atomic E-state index is 12.2. The molecule has 0 bridgehead atoms. The molecule has 2 unspecified atom stereocenters. The summed E-state index contributed by atoms with van der Waals surface area (Å²) in [5.41, 5.74) is 0. The Morgan fingerprint density at radius 2 is 2.33 bits per heavy atom.